The van der Waals surface area contributed by atoms with Gasteiger partial charge in [0.05, 0.1) is 24.9 Å². The van der Waals surface area contributed by atoms with Gasteiger partial charge in [-0.2, -0.15) is 9.36 Å². The van der Waals surface area contributed by atoms with Gasteiger partial charge in [0, 0.05) is 6.61 Å². The minimum absolute atomic E-state index is 0.0612. The summed E-state index contributed by atoms with van der Waals surface area (Å²) in [6, 6.07) is 8.99. The number of nitrogens with zero attached hydrogens (tertiary/aromatic N) is 4. The van der Waals surface area contributed by atoms with Crippen molar-refractivity contribution in [1.82, 2.24) is 19.8 Å². The first kappa shape index (κ1) is 13.4. The molecule has 19 heavy (non-hydrogen) atoms. The summed E-state index contributed by atoms with van der Waals surface area (Å²) in [6.45, 7) is 2.58. The molecule has 2 aromatic rings. The van der Waals surface area contributed by atoms with Crippen LogP contribution in [-0.2, 0) is 11.3 Å². The monoisotopic (exact) mass is 264 g/mol. The van der Waals surface area contributed by atoms with Crippen LogP contribution in [0, 0.1) is 0 Å². The number of ether oxygens (including phenoxy) is 1. The summed E-state index contributed by atoms with van der Waals surface area (Å²) < 4.78 is 7.39. The third-order valence-electron chi connectivity index (χ3n) is 2.54. The van der Waals surface area contributed by atoms with Crippen molar-refractivity contribution in [2.45, 2.75) is 19.6 Å². The Morgan fingerprint density at radius 1 is 1.32 bits per heavy atom. The van der Waals surface area contributed by atoms with Crippen LogP contribution in [0.15, 0.2) is 35.1 Å². The molecular weight excluding hydrogens is 248 g/mol. The highest BCUT2D eigenvalue weighted by Gasteiger charge is 2.12. The molecule has 0 saturated heterocycles. The summed E-state index contributed by atoms with van der Waals surface area (Å²) in [5, 5.41) is 17.2. The zero-order chi connectivity index (χ0) is 13.7. The Hall–Kier alpha value is -1.99. The lowest BCUT2D eigenvalue weighted by Gasteiger charge is -2.08. The van der Waals surface area contributed by atoms with Gasteiger partial charge in [-0.3, -0.25) is 0 Å². The average molecular weight is 264 g/mol. The van der Waals surface area contributed by atoms with Crippen molar-refractivity contribution in [3.05, 3.63) is 40.8 Å². The second kappa shape index (κ2) is 6.26. The molecule has 1 aromatic heterocycles. The van der Waals surface area contributed by atoms with Crippen LogP contribution < -0.4 is 5.69 Å². The van der Waals surface area contributed by atoms with Gasteiger partial charge in [-0.05, 0) is 29.5 Å². The molecule has 0 fully saturated rings. The topological polar surface area (TPSA) is 82.2 Å². The second-order valence-corrected chi connectivity index (χ2v) is 4.00. The van der Waals surface area contributed by atoms with Crippen LogP contribution in [0.4, 0.5) is 0 Å². The zero-order valence-electron chi connectivity index (χ0n) is 10.6. The molecule has 0 amide bonds. The lowest BCUT2D eigenvalue weighted by atomic mass is 10.3. The Labute approximate surface area is 110 Å². The molecule has 7 heteroatoms. The van der Waals surface area contributed by atoms with Gasteiger partial charge in [0.1, 0.15) is 0 Å². The van der Waals surface area contributed by atoms with E-state index in [1.165, 1.54) is 4.68 Å². The largest absolute Gasteiger partial charge is 0.389 e. The van der Waals surface area contributed by atoms with Gasteiger partial charge in [0.25, 0.3) is 0 Å². The van der Waals surface area contributed by atoms with Gasteiger partial charge in [0.15, 0.2) is 0 Å². The third kappa shape index (κ3) is 3.27. The van der Waals surface area contributed by atoms with Crippen LogP contribution in [-0.4, -0.2) is 44.2 Å². The molecule has 0 radical (unpaired) electrons. The molecule has 102 valence electrons. The number of aliphatic hydroxyl groups is 1. The lowest BCUT2D eigenvalue weighted by Crippen LogP contribution is -2.31. The second-order valence-electron chi connectivity index (χ2n) is 4.00. The number of rotatable bonds is 6. The highest BCUT2D eigenvalue weighted by molar-refractivity contribution is 5.28. The van der Waals surface area contributed by atoms with E-state index in [-0.39, 0.29) is 18.8 Å². The van der Waals surface area contributed by atoms with Gasteiger partial charge in [-0.15, -0.1) is 0 Å². The summed E-state index contributed by atoms with van der Waals surface area (Å²) >= 11 is 0. The van der Waals surface area contributed by atoms with Gasteiger partial charge in [0.2, 0.25) is 0 Å². The third-order valence-corrected chi connectivity index (χ3v) is 2.54. The molecule has 0 spiro atoms. The molecule has 1 aromatic carbocycles. The minimum Gasteiger partial charge on any atom is -0.389 e. The average Bonchev–Trinajstić information content (AvgIpc) is 2.79. The molecule has 0 bridgehead atoms. The smallest absolute Gasteiger partial charge is 0.368 e. The van der Waals surface area contributed by atoms with E-state index in [1.807, 2.05) is 25.1 Å². The first-order valence-corrected chi connectivity index (χ1v) is 6.06. The van der Waals surface area contributed by atoms with Crippen molar-refractivity contribution in [3.63, 3.8) is 0 Å². The molecule has 1 atom stereocenters. The number of para-hydroxylation sites is 1. The Morgan fingerprint density at radius 2 is 2.05 bits per heavy atom. The molecule has 0 saturated carbocycles. The minimum atomic E-state index is -0.779. The van der Waals surface area contributed by atoms with Crippen molar-refractivity contribution in [1.29, 1.82) is 0 Å². The number of aliphatic hydroxyl groups excluding tert-OH is 1. The van der Waals surface area contributed by atoms with Crippen molar-refractivity contribution >= 4 is 0 Å². The van der Waals surface area contributed by atoms with E-state index in [2.05, 4.69) is 10.4 Å². The molecule has 0 unspecified atom stereocenters. The van der Waals surface area contributed by atoms with Crippen molar-refractivity contribution < 1.29 is 9.84 Å². The predicted octanol–water partition coefficient (Wildman–Crippen LogP) is -0.174. The highest BCUT2D eigenvalue weighted by Crippen LogP contribution is 2.00. The SMILES string of the molecule is CCOC[C@H](O)Cn1nnn(-c2ccccc2)c1=O. The predicted molar refractivity (Wildman–Crippen MR) is 68.1 cm³/mol. The van der Waals surface area contributed by atoms with Crippen LogP contribution in [0.3, 0.4) is 0 Å². The summed E-state index contributed by atoms with van der Waals surface area (Å²) in [7, 11) is 0. The number of aromatic nitrogens is 4. The van der Waals surface area contributed by atoms with Crippen LogP contribution in [0.2, 0.25) is 0 Å². The Morgan fingerprint density at radius 3 is 2.74 bits per heavy atom. The molecule has 0 aliphatic carbocycles. The maximum absolute atomic E-state index is 12.0. The Bertz CT molecular complexity index is 564. The maximum Gasteiger partial charge on any atom is 0.368 e. The van der Waals surface area contributed by atoms with Crippen molar-refractivity contribution in [2.24, 2.45) is 0 Å². The van der Waals surface area contributed by atoms with Gasteiger partial charge in [-0.1, -0.05) is 18.2 Å². The fourth-order valence-corrected chi connectivity index (χ4v) is 1.63. The molecule has 1 N–H and O–H groups in total. The fourth-order valence-electron chi connectivity index (χ4n) is 1.63. The van der Waals surface area contributed by atoms with E-state index in [1.54, 1.807) is 12.1 Å². The zero-order valence-corrected chi connectivity index (χ0v) is 10.6. The van der Waals surface area contributed by atoms with Crippen LogP contribution >= 0.6 is 0 Å². The number of hydrogen-bond donors (Lipinski definition) is 1. The molecule has 0 aliphatic heterocycles. The van der Waals surface area contributed by atoms with Crippen LogP contribution in [0.5, 0.6) is 0 Å². The summed E-state index contributed by atoms with van der Waals surface area (Å²) in [4.78, 5) is 12.0. The van der Waals surface area contributed by atoms with Gasteiger partial charge < -0.3 is 9.84 Å². The molecule has 1 heterocycles. The van der Waals surface area contributed by atoms with Crippen LogP contribution in [0.25, 0.3) is 5.69 Å². The maximum atomic E-state index is 12.0. The number of tetrazole rings is 1. The van der Waals surface area contributed by atoms with Crippen molar-refractivity contribution in [2.75, 3.05) is 13.2 Å². The van der Waals surface area contributed by atoms with Gasteiger partial charge in [-0.25, -0.2) is 4.79 Å². The number of hydrogen-bond acceptors (Lipinski definition) is 5. The van der Waals surface area contributed by atoms with Crippen LogP contribution in [0.1, 0.15) is 6.92 Å². The first-order chi connectivity index (χ1) is 9.22. The summed E-state index contributed by atoms with van der Waals surface area (Å²) in [5.41, 5.74) is 0.250. The normalized spacial score (nSPS) is 12.5. The fraction of sp³-hybridized carbons (Fsp3) is 0.417. The van der Waals surface area contributed by atoms with E-state index >= 15 is 0 Å². The first-order valence-electron chi connectivity index (χ1n) is 6.06. The summed E-state index contributed by atoms with van der Waals surface area (Å²) in [5.74, 6) is 0. The van der Waals surface area contributed by atoms with E-state index < -0.39 is 6.10 Å². The number of benzene rings is 1. The Balaban J connectivity index is 2.13. The van der Waals surface area contributed by atoms with Gasteiger partial charge >= 0.3 is 5.69 Å². The van der Waals surface area contributed by atoms with E-state index in [0.29, 0.717) is 12.3 Å². The Kier molecular flexibility index (Phi) is 4.43. The molecule has 2 rings (SSSR count). The van der Waals surface area contributed by atoms with Crippen molar-refractivity contribution in [3.8, 4) is 5.69 Å². The van der Waals surface area contributed by atoms with E-state index in [4.69, 9.17) is 4.74 Å². The molecular formula is C12H16N4O3. The summed E-state index contributed by atoms with van der Waals surface area (Å²) in [6.07, 6.45) is -0.779. The van der Waals surface area contributed by atoms with E-state index in [0.717, 1.165) is 4.68 Å². The lowest BCUT2D eigenvalue weighted by molar-refractivity contribution is 0.0308. The standard InChI is InChI=1S/C12H16N4O3/c1-2-19-9-11(17)8-15-12(18)16(14-13-15)10-6-4-3-5-7-10/h3-7,11,17H,2,8-9H2,1H3/t11-/m1/s1. The van der Waals surface area contributed by atoms with E-state index in [9.17, 15) is 9.90 Å². The molecule has 7 nitrogen and oxygen atoms in total. The quantitative estimate of drug-likeness (QED) is 0.783. The highest BCUT2D eigenvalue weighted by atomic mass is 16.5. The molecule has 0 aliphatic rings.